The Bertz CT molecular complexity index is 1250. The van der Waals surface area contributed by atoms with Gasteiger partial charge in [-0.25, -0.2) is 9.97 Å². The number of anilines is 1. The van der Waals surface area contributed by atoms with Crippen molar-refractivity contribution in [2.24, 2.45) is 12.8 Å². The van der Waals surface area contributed by atoms with Crippen molar-refractivity contribution in [2.45, 2.75) is 13.8 Å². The third kappa shape index (κ3) is 2.48. The summed E-state index contributed by atoms with van der Waals surface area (Å²) < 4.78 is 3.25. The maximum absolute atomic E-state index is 12.2. The fraction of sp³-hybridized carbons (Fsp3) is 0.158. The molecule has 0 saturated carbocycles. The SMILES string of the molecule is Cc1ccc(O)c(C)c1-n1c(N)c(C(N)=O)c2nc(-c3ccn(C)n3)cnc21. The number of phenolic OH excluding ortho intramolecular Hbond substituents is 1. The molecule has 0 spiro atoms. The Kier molecular flexibility index (Phi) is 3.81. The molecule has 5 N–H and O–H groups in total. The predicted molar refractivity (Wildman–Crippen MR) is 105 cm³/mol. The van der Waals surface area contributed by atoms with Gasteiger partial charge in [0.05, 0.1) is 11.9 Å². The van der Waals surface area contributed by atoms with Crippen molar-refractivity contribution in [3.63, 3.8) is 0 Å². The molecule has 1 aromatic carbocycles. The van der Waals surface area contributed by atoms with E-state index in [0.29, 0.717) is 28.3 Å². The van der Waals surface area contributed by atoms with Crippen molar-refractivity contribution in [2.75, 3.05) is 5.73 Å². The molecule has 9 heteroatoms. The van der Waals surface area contributed by atoms with Crippen molar-refractivity contribution in [1.29, 1.82) is 0 Å². The Balaban J connectivity index is 2.08. The van der Waals surface area contributed by atoms with Crippen LogP contribution in [0.3, 0.4) is 0 Å². The average Bonchev–Trinajstić information content (AvgIpc) is 3.19. The number of hydrogen-bond donors (Lipinski definition) is 3. The molecule has 3 aromatic heterocycles. The molecule has 0 aliphatic rings. The fourth-order valence-corrected chi connectivity index (χ4v) is 3.37. The summed E-state index contributed by atoms with van der Waals surface area (Å²) in [6.45, 7) is 3.65. The molecular formula is C19H19N7O2. The average molecular weight is 377 g/mol. The van der Waals surface area contributed by atoms with E-state index in [2.05, 4.69) is 15.1 Å². The van der Waals surface area contributed by atoms with E-state index in [0.717, 1.165) is 5.56 Å². The number of aryl methyl sites for hydroxylation is 2. The molecule has 0 saturated heterocycles. The lowest BCUT2D eigenvalue weighted by Gasteiger charge is -2.15. The Hall–Kier alpha value is -3.88. The molecule has 4 aromatic rings. The number of nitrogen functional groups attached to an aromatic ring is 1. The van der Waals surface area contributed by atoms with Crippen molar-refractivity contribution < 1.29 is 9.90 Å². The van der Waals surface area contributed by atoms with Crippen molar-refractivity contribution in [1.82, 2.24) is 24.3 Å². The zero-order valence-electron chi connectivity index (χ0n) is 15.6. The van der Waals surface area contributed by atoms with E-state index in [9.17, 15) is 9.90 Å². The molecule has 3 heterocycles. The molecule has 1 amide bonds. The summed E-state index contributed by atoms with van der Waals surface area (Å²) >= 11 is 0. The van der Waals surface area contributed by atoms with Crippen LogP contribution >= 0.6 is 0 Å². The quantitative estimate of drug-likeness (QED) is 0.498. The van der Waals surface area contributed by atoms with Crippen molar-refractivity contribution >= 4 is 22.9 Å². The van der Waals surface area contributed by atoms with Gasteiger partial charge in [-0.3, -0.25) is 14.0 Å². The van der Waals surface area contributed by atoms with Crippen LogP contribution in [0.5, 0.6) is 5.75 Å². The van der Waals surface area contributed by atoms with E-state index in [1.54, 1.807) is 53.8 Å². The normalized spacial score (nSPS) is 11.2. The molecule has 0 fully saturated rings. The smallest absolute Gasteiger partial charge is 0.254 e. The van der Waals surface area contributed by atoms with Gasteiger partial charge in [0.25, 0.3) is 5.91 Å². The van der Waals surface area contributed by atoms with Gasteiger partial charge >= 0.3 is 0 Å². The van der Waals surface area contributed by atoms with Crippen LogP contribution in [0.15, 0.2) is 30.6 Å². The molecule has 0 aliphatic heterocycles. The van der Waals surface area contributed by atoms with Gasteiger partial charge in [-0.15, -0.1) is 0 Å². The van der Waals surface area contributed by atoms with Gasteiger partial charge in [0.15, 0.2) is 5.65 Å². The van der Waals surface area contributed by atoms with Gasteiger partial charge < -0.3 is 16.6 Å². The largest absolute Gasteiger partial charge is 0.508 e. The molecule has 28 heavy (non-hydrogen) atoms. The first kappa shape index (κ1) is 17.5. The fourth-order valence-electron chi connectivity index (χ4n) is 3.37. The first-order chi connectivity index (χ1) is 13.3. The number of primary amides is 1. The zero-order valence-corrected chi connectivity index (χ0v) is 15.6. The molecule has 0 atom stereocenters. The molecule has 4 rings (SSSR count). The second-order valence-electron chi connectivity index (χ2n) is 6.64. The minimum Gasteiger partial charge on any atom is -0.508 e. The summed E-state index contributed by atoms with van der Waals surface area (Å²) in [4.78, 5) is 21.2. The predicted octanol–water partition coefficient (Wildman–Crippen LogP) is 1.82. The number of fused-ring (bicyclic) bond motifs is 1. The van der Waals surface area contributed by atoms with E-state index in [1.165, 1.54) is 0 Å². The molecule has 0 unspecified atom stereocenters. The van der Waals surface area contributed by atoms with Gasteiger partial charge in [-0.1, -0.05) is 6.07 Å². The van der Waals surface area contributed by atoms with Gasteiger partial charge in [-0.05, 0) is 31.5 Å². The first-order valence-corrected chi connectivity index (χ1v) is 8.56. The molecule has 0 aliphatic carbocycles. The van der Waals surface area contributed by atoms with Crippen molar-refractivity contribution in [3.05, 3.63) is 47.3 Å². The Morgan fingerprint density at radius 1 is 1.18 bits per heavy atom. The van der Waals surface area contributed by atoms with Gasteiger partial charge in [0, 0.05) is 18.8 Å². The molecule has 0 radical (unpaired) electrons. The third-order valence-electron chi connectivity index (χ3n) is 4.75. The Morgan fingerprint density at radius 2 is 1.93 bits per heavy atom. The number of aromatic nitrogens is 5. The Morgan fingerprint density at radius 3 is 2.57 bits per heavy atom. The van der Waals surface area contributed by atoms with Gasteiger partial charge in [-0.2, -0.15) is 5.10 Å². The first-order valence-electron chi connectivity index (χ1n) is 8.56. The maximum atomic E-state index is 12.2. The van der Waals surface area contributed by atoms with E-state index in [4.69, 9.17) is 11.5 Å². The highest BCUT2D eigenvalue weighted by atomic mass is 16.3. The number of nitrogens with two attached hydrogens (primary N) is 2. The number of nitrogens with zero attached hydrogens (tertiary/aromatic N) is 5. The highest BCUT2D eigenvalue weighted by Gasteiger charge is 2.25. The monoisotopic (exact) mass is 377 g/mol. The van der Waals surface area contributed by atoms with Crippen LogP contribution in [-0.4, -0.2) is 35.3 Å². The standard InChI is InChI=1S/C19H19N7O2/c1-9-4-5-13(27)10(2)16(9)26-17(20)14(18(21)28)15-19(26)22-8-12(23-15)11-6-7-25(3)24-11/h4-8,27H,20H2,1-3H3,(H2,21,28). The minimum atomic E-state index is -0.704. The number of phenols is 1. The van der Waals surface area contributed by atoms with Crippen LogP contribution in [0.4, 0.5) is 5.82 Å². The number of amides is 1. The van der Waals surface area contributed by atoms with E-state index < -0.39 is 5.91 Å². The molecular weight excluding hydrogens is 358 g/mol. The number of rotatable bonds is 3. The van der Waals surface area contributed by atoms with E-state index in [-0.39, 0.29) is 22.6 Å². The molecule has 142 valence electrons. The van der Waals surface area contributed by atoms with E-state index in [1.807, 2.05) is 6.92 Å². The highest BCUT2D eigenvalue weighted by Crippen LogP contribution is 2.35. The van der Waals surface area contributed by atoms with Crippen LogP contribution in [0, 0.1) is 13.8 Å². The third-order valence-corrected chi connectivity index (χ3v) is 4.75. The number of aromatic hydroxyl groups is 1. The summed E-state index contributed by atoms with van der Waals surface area (Å²) in [5.41, 5.74) is 15.9. The summed E-state index contributed by atoms with van der Waals surface area (Å²) in [7, 11) is 1.80. The van der Waals surface area contributed by atoms with Crippen LogP contribution in [-0.2, 0) is 7.05 Å². The lowest BCUT2D eigenvalue weighted by Crippen LogP contribution is -2.14. The molecule has 0 bridgehead atoms. The lowest BCUT2D eigenvalue weighted by molar-refractivity contribution is 0.100. The lowest BCUT2D eigenvalue weighted by atomic mass is 10.1. The van der Waals surface area contributed by atoms with E-state index >= 15 is 0 Å². The topological polar surface area (TPSA) is 138 Å². The summed E-state index contributed by atoms with van der Waals surface area (Å²) in [6.07, 6.45) is 3.36. The number of carbonyl (C=O) groups is 1. The summed E-state index contributed by atoms with van der Waals surface area (Å²) in [5, 5.41) is 14.5. The van der Waals surface area contributed by atoms with Gasteiger partial charge in [0.1, 0.15) is 34.0 Å². The molecule has 9 nitrogen and oxygen atoms in total. The number of benzene rings is 1. The van der Waals surface area contributed by atoms with Gasteiger partial charge in [0.2, 0.25) is 0 Å². The second-order valence-corrected chi connectivity index (χ2v) is 6.64. The summed E-state index contributed by atoms with van der Waals surface area (Å²) in [5.74, 6) is -0.470. The maximum Gasteiger partial charge on any atom is 0.254 e. The van der Waals surface area contributed by atoms with Crippen LogP contribution < -0.4 is 11.5 Å². The minimum absolute atomic E-state index is 0.0856. The summed E-state index contributed by atoms with van der Waals surface area (Å²) in [6, 6.07) is 5.17. The van der Waals surface area contributed by atoms with Crippen LogP contribution in [0.25, 0.3) is 28.2 Å². The number of carbonyl (C=O) groups excluding carboxylic acids is 1. The zero-order chi connectivity index (χ0) is 20.2. The number of hydrogen-bond acceptors (Lipinski definition) is 6. The highest BCUT2D eigenvalue weighted by molar-refractivity contribution is 6.09. The van der Waals surface area contributed by atoms with Crippen LogP contribution in [0.1, 0.15) is 21.5 Å². The van der Waals surface area contributed by atoms with Crippen molar-refractivity contribution in [3.8, 4) is 22.8 Å². The Labute approximate surface area is 160 Å². The van der Waals surface area contributed by atoms with Crippen LogP contribution in [0.2, 0.25) is 0 Å². The second kappa shape index (κ2) is 6.08.